The van der Waals surface area contributed by atoms with Gasteiger partial charge in [0.05, 0.1) is 12.5 Å². The van der Waals surface area contributed by atoms with E-state index in [-0.39, 0.29) is 38.2 Å². The Morgan fingerprint density at radius 1 is 1.22 bits per heavy atom. The van der Waals surface area contributed by atoms with Crippen LogP contribution in [0.2, 0.25) is 0 Å². The van der Waals surface area contributed by atoms with Gasteiger partial charge >= 0.3 is 5.97 Å². The van der Waals surface area contributed by atoms with Crippen molar-refractivity contribution in [1.82, 2.24) is 4.98 Å². The molecule has 0 spiro atoms. The van der Waals surface area contributed by atoms with Gasteiger partial charge in [-0.3, -0.25) is 14.5 Å². The van der Waals surface area contributed by atoms with Gasteiger partial charge in [0, 0.05) is 24.4 Å². The van der Waals surface area contributed by atoms with Crippen molar-refractivity contribution in [2.75, 3.05) is 24.7 Å². The van der Waals surface area contributed by atoms with E-state index in [0.717, 1.165) is 0 Å². The van der Waals surface area contributed by atoms with Gasteiger partial charge in [-0.1, -0.05) is 17.5 Å². The van der Waals surface area contributed by atoms with Crippen LogP contribution in [0.25, 0.3) is 0 Å². The molecule has 27 heavy (non-hydrogen) atoms. The van der Waals surface area contributed by atoms with Gasteiger partial charge in [-0.05, 0) is 38.1 Å². The first kappa shape index (κ1) is 20.4. The molecular formula is C20H22N2O5. The van der Waals surface area contributed by atoms with E-state index in [2.05, 4.69) is 16.4 Å². The average Bonchev–Trinajstić information content (AvgIpc) is 2.69. The number of nitrogens with zero attached hydrogens (tertiary/aromatic N) is 2. The van der Waals surface area contributed by atoms with E-state index >= 15 is 0 Å². The van der Waals surface area contributed by atoms with Crippen molar-refractivity contribution < 1.29 is 24.1 Å². The number of anilines is 1. The van der Waals surface area contributed by atoms with Crippen molar-refractivity contribution in [3.05, 3.63) is 59.7 Å². The third kappa shape index (κ3) is 7.05. The molecule has 1 amide bonds. The number of ether oxygens (including phenoxy) is 1. The fourth-order valence-electron chi connectivity index (χ4n) is 2.12. The molecule has 7 heteroatoms. The van der Waals surface area contributed by atoms with Gasteiger partial charge in [0.15, 0.2) is 0 Å². The molecule has 0 fully saturated rings. The third-order valence-corrected chi connectivity index (χ3v) is 3.30. The van der Waals surface area contributed by atoms with Crippen molar-refractivity contribution in [2.24, 2.45) is 0 Å². The van der Waals surface area contributed by atoms with E-state index in [4.69, 9.17) is 14.5 Å². The number of carbonyl (C=O) groups is 2. The molecule has 2 rings (SSSR count). The Bertz CT molecular complexity index is 773. The zero-order valence-electron chi connectivity index (χ0n) is 15.4. The number of amides is 1. The Hall–Kier alpha value is -2.95. The maximum Gasteiger partial charge on any atom is 0.307 e. The van der Waals surface area contributed by atoms with Gasteiger partial charge in [-0.15, -0.1) is 0 Å². The van der Waals surface area contributed by atoms with Gasteiger partial charge in [-0.2, -0.15) is 0 Å². The van der Waals surface area contributed by atoms with E-state index in [9.17, 15) is 9.59 Å². The summed E-state index contributed by atoms with van der Waals surface area (Å²) in [5, 5.41) is 0. The van der Waals surface area contributed by atoms with Gasteiger partial charge in [-0.25, -0.2) is 14.8 Å². The number of carbonyl (C=O) groups excluding carboxylic acids is 2. The lowest BCUT2D eigenvalue weighted by atomic mass is 10.1. The van der Waals surface area contributed by atoms with Crippen molar-refractivity contribution in [3.63, 3.8) is 0 Å². The van der Waals surface area contributed by atoms with E-state index in [0.29, 0.717) is 11.4 Å². The number of aromatic nitrogens is 1. The fourth-order valence-corrected chi connectivity index (χ4v) is 2.12. The molecule has 0 aliphatic heterocycles. The van der Waals surface area contributed by atoms with Gasteiger partial charge in [0.2, 0.25) is 0 Å². The summed E-state index contributed by atoms with van der Waals surface area (Å²) in [6.07, 6.45) is 6.34. The summed E-state index contributed by atoms with van der Waals surface area (Å²) in [7, 11) is 0. The highest BCUT2D eigenvalue weighted by atomic mass is 17.2. The molecule has 0 N–H and O–H groups in total. The minimum atomic E-state index is -0.440. The van der Waals surface area contributed by atoms with E-state index < -0.39 is 5.97 Å². The molecule has 0 bridgehead atoms. The highest BCUT2D eigenvalue weighted by Crippen LogP contribution is 2.15. The minimum absolute atomic E-state index is 0.0238. The lowest BCUT2D eigenvalue weighted by molar-refractivity contribution is -0.319. The Morgan fingerprint density at radius 3 is 2.74 bits per heavy atom. The van der Waals surface area contributed by atoms with Crippen LogP contribution >= 0.6 is 0 Å². The zero-order valence-corrected chi connectivity index (χ0v) is 15.4. The largest absolute Gasteiger partial charge is 0.463 e. The quantitative estimate of drug-likeness (QED) is 0.207. The van der Waals surface area contributed by atoms with Crippen LogP contribution in [0.4, 0.5) is 5.82 Å². The molecule has 0 atom stereocenters. The van der Waals surface area contributed by atoms with Crippen molar-refractivity contribution in [1.29, 1.82) is 0 Å². The monoisotopic (exact) mass is 370 g/mol. The molecular weight excluding hydrogens is 348 g/mol. The predicted molar refractivity (Wildman–Crippen MR) is 98.6 cm³/mol. The molecule has 0 aromatic carbocycles. The molecule has 0 saturated heterocycles. The number of allylic oxidation sites excluding steroid dienone is 2. The molecule has 1 aliphatic carbocycles. The maximum atomic E-state index is 12.8. The van der Waals surface area contributed by atoms with Crippen molar-refractivity contribution in [2.45, 2.75) is 26.4 Å². The smallest absolute Gasteiger partial charge is 0.307 e. The van der Waals surface area contributed by atoms with Crippen LogP contribution in [0.5, 0.6) is 0 Å². The summed E-state index contributed by atoms with van der Waals surface area (Å²) >= 11 is 0. The summed E-state index contributed by atoms with van der Waals surface area (Å²) in [4.78, 5) is 40.1. The Kier molecular flexibility index (Phi) is 8.23. The Labute approximate surface area is 158 Å². The van der Waals surface area contributed by atoms with Crippen LogP contribution in [0.3, 0.4) is 0 Å². The summed E-state index contributed by atoms with van der Waals surface area (Å²) < 4.78 is 5.08. The lowest BCUT2D eigenvalue weighted by Gasteiger charge is -2.21. The van der Waals surface area contributed by atoms with Gasteiger partial charge < -0.3 is 4.74 Å². The summed E-state index contributed by atoms with van der Waals surface area (Å²) in [5.74, 6) is -0.262. The van der Waals surface area contributed by atoms with Gasteiger partial charge in [0.25, 0.3) is 5.91 Å². The first-order valence-corrected chi connectivity index (χ1v) is 8.62. The van der Waals surface area contributed by atoms with Crippen LogP contribution in [0, 0.1) is 0 Å². The van der Waals surface area contributed by atoms with Crippen LogP contribution in [-0.2, 0) is 24.1 Å². The van der Waals surface area contributed by atoms with Crippen LogP contribution in [0.15, 0.2) is 59.7 Å². The molecule has 1 aromatic heterocycles. The minimum Gasteiger partial charge on any atom is -0.463 e. The number of hydrogen-bond donors (Lipinski definition) is 0. The third-order valence-electron chi connectivity index (χ3n) is 3.30. The van der Waals surface area contributed by atoms with Crippen molar-refractivity contribution in [3.8, 4) is 0 Å². The second-order valence-electron chi connectivity index (χ2n) is 5.80. The molecule has 1 aromatic rings. The first-order valence-electron chi connectivity index (χ1n) is 8.62. The molecule has 1 aliphatic rings. The van der Waals surface area contributed by atoms with E-state index in [1.165, 1.54) is 4.90 Å². The number of pyridine rings is 1. The molecule has 0 unspecified atom stereocenters. The van der Waals surface area contributed by atoms with Gasteiger partial charge in [0.1, 0.15) is 19.0 Å². The first-order chi connectivity index (χ1) is 13.1. The molecule has 1 heterocycles. The summed E-state index contributed by atoms with van der Waals surface area (Å²) in [6.45, 7) is 4.02. The zero-order chi connectivity index (χ0) is 19.5. The highest BCUT2D eigenvalue weighted by molar-refractivity contribution is 6.07. The second kappa shape index (κ2) is 10.9. The number of rotatable bonds is 10. The van der Waals surface area contributed by atoms with Crippen LogP contribution in [0.1, 0.15) is 20.3 Å². The fraction of sp³-hybridized carbons (Fsp3) is 0.350. The second-order valence-corrected chi connectivity index (χ2v) is 5.80. The van der Waals surface area contributed by atoms with Crippen LogP contribution in [-0.4, -0.2) is 42.7 Å². The van der Waals surface area contributed by atoms with E-state index in [1.54, 1.807) is 42.6 Å². The number of esters is 1. The summed E-state index contributed by atoms with van der Waals surface area (Å²) in [6, 6.07) is 5.24. The van der Waals surface area contributed by atoms with E-state index in [1.807, 2.05) is 13.8 Å². The molecule has 0 radical (unpaired) electrons. The lowest BCUT2D eigenvalue weighted by Crippen LogP contribution is -2.34. The van der Waals surface area contributed by atoms with Crippen molar-refractivity contribution >= 4 is 17.7 Å². The maximum absolute atomic E-state index is 12.8. The Morgan fingerprint density at radius 2 is 2.07 bits per heavy atom. The van der Waals surface area contributed by atoms with Crippen LogP contribution < -0.4 is 4.90 Å². The average molecular weight is 370 g/mol. The predicted octanol–water partition coefficient (Wildman–Crippen LogP) is 2.51. The number of hydrogen-bond acceptors (Lipinski definition) is 6. The highest BCUT2D eigenvalue weighted by Gasteiger charge is 2.21. The molecule has 7 nitrogen and oxygen atoms in total. The SMILES string of the molecule is CC(C)OOCCOC(=O)CCN(C(=O)C1=CC=C=C=C1)c1ccccn1. The standard InChI is InChI=1S/C20H22N2O5/c1-16(2)27-26-15-14-25-19(23)11-13-22(18-10-6-7-12-21-18)20(24)17-8-4-3-5-9-17/h4,6-10,12,16H,11,13-15H2,1-2H3. The molecule has 0 saturated carbocycles. The topological polar surface area (TPSA) is 78.0 Å². The molecule has 142 valence electrons. The summed E-state index contributed by atoms with van der Waals surface area (Å²) in [5.41, 5.74) is 5.94. The Balaban J connectivity index is 1.90. The normalized spacial score (nSPS) is 12.2.